The Labute approximate surface area is 186 Å². The molecule has 160 valence electrons. The first kappa shape index (κ1) is 21.1. The van der Waals surface area contributed by atoms with Gasteiger partial charge in [-0.05, 0) is 43.2 Å². The first-order valence-electron chi connectivity index (χ1n) is 9.77. The fourth-order valence-electron chi connectivity index (χ4n) is 3.87. The maximum absolute atomic E-state index is 13.2. The van der Waals surface area contributed by atoms with Gasteiger partial charge in [0.1, 0.15) is 4.91 Å². The molecule has 30 heavy (non-hydrogen) atoms. The van der Waals surface area contributed by atoms with Gasteiger partial charge < -0.3 is 9.62 Å². The highest BCUT2D eigenvalue weighted by molar-refractivity contribution is 7.97. The summed E-state index contributed by atoms with van der Waals surface area (Å²) >= 11 is 7.41. The van der Waals surface area contributed by atoms with Gasteiger partial charge in [0.25, 0.3) is 15.9 Å². The van der Waals surface area contributed by atoms with E-state index < -0.39 is 10.0 Å². The number of carbonyl (C=O) groups excluding carboxylic acids is 1. The molecule has 1 amide bonds. The lowest BCUT2D eigenvalue weighted by atomic mass is 9.94. The molecular weight excluding hydrogens is 444 g/mol. The summed E-state index contributed by atoms with van der Waals surface area (Å²) in [5.74, 6) is -0.215. The van der Waals surface area contributed by atoms with E-state index in [0.717, 1.165) is 25.7 Å². The molecule has 1 aromatic carbocycles. The number of allylic oxidation sites excluding steroid dienone is 2. The summed E-state index contributed by atoms with van der Waals surface area (Å²) in [7, 11) is -2.17. The van der Waals surface area contributed by atoms with Gasteiger partial charge in [-0.2, -0.15) is 0 Å². The molecular formula is C20H23ClN4O3S2. The van der Waals surface area contributed by atoms with Crippen LogP contribution in [0.2, 0.25) is 5.02 Å². The number of rotatable bonds is 5. The third-order valence-electron chi connectivity index (χ3n) is 5.49. The van der Waals surface area contributed by atoms with E-state index in [2.05, 4.69) is 9.44 Å². The molecule has 1 fully saturated rings. The Balaban J connectivity index is 1.63. The number of hydrogen-bond acceptors (Lipinski definition) is 6. The molecule has 1 aliphatic carbocycles. The summed E-state index contributed by atoms with van der Waals surface area (Å²) in [5.41, 5.74) is 0.980. The van der Waals surface area contributed by atoms with E-state index >= 15 is 0 Å². The molecule has 2 N–H and O–H groups in total. The van der Waals surface area contributed by atoms with Gasteiger partial charge in [-0.15, -0.1) is 0 Å². The molecule has 4 rings (SSSR count). The third-order valence-corrected chi connectivity index (χ3v) is 7.88. The van der Waals surface area contributed by atoms with Crippen LogP contribution in [0.25, 0.3) is 0 Å². The lowest BCUT2D eigenvalue weighted by Crippen LogP contribution is -2.38. The van der Waals surface area contributed by atoms with Crippen molar-refractivity contribution in [3.63, 3.8) is 0 Å². The van der Waals surface area contributed by atoms with Gasteiger partial charge in [0.2, 0.25) is 0 Å². The molecule has 3 aliphatic rings. The molecule has 0 aromatic heterocycles. The minimum atomic E-state index is -3.95. The Morgan fingerprint density at radius 1 is 1.30 bits per heavy atom. The standard InChI is InChI=1S/C20H23ClN4O3S2/c1-24(15-6-3-2-4-7-15)20(26)16-10-9-14(21)12-17(16)23-30(27,28)19-8-5-11-25-18(19)13-22-29-25/h5,8-13,15,22-23H,2-4,6-7H2,1H3. The smallest absolute Gasteiger partial charge is 0.264 e. The minimum absolute atomic E-state index is 0.113. The number of benzene rings is 1. The third kappa shape index (κ3) is 4.19. The van der Waals surface area contributed by atoms with Crippen LogP contribution >= 0.6 is 23.7 Å². The van der Waals surface area contributed by atoms with Gasteiger partial charge in [0.05, 0.1) is 29.1 Å². The average molecular weight is 467 g/mol. The van der Waals surface area contributed by atoms with Crippen molar-refractivity contribution in [1.82, 2.24) is 13.9 Å². The van der Waals surface area contributed by atoms with Crippen LogP contribution in [-0.2, 0) is 10.0 Å². The summed E-state index contributed by atoms with van der Waals surface area (Å²) in [6.07, 6.45) is 11.9. The SMILES string of the molecule is CN(C(=O)c1ccc(Cl)cc1NS(=O)(=O)C1=CC=CN2SNC=C12)C1CCCCC1. The van der Waals surface area contributed by atoms with E-state index in [9.17, 15) is 13.2 Å². The van der Waals surface area contributed by atoms with Crippen molar-refractivity contribution in [2.75, 3.05) is 11.8 Å². The summed E-state index contributed by atoms with van der Waals surface area (Å²) in [6.45, 7) is 0. The largest absolute Gasteiger partial charge is 0.339 e. The summed E-state index contributed by atoms with van der Waals surface area (Å²) in [4.78, 5) is 15.0. The Morgan fingerprint density at radius 3 is 2.83 bits per heavy atom. The van der Waals surface area contributed by atoms with Crippen LogP contribution in [0.4, 0.5) is 5.69 Å². The Bertz CT molecular complexity index is 1050. The maximum Gasteiger partial charge on any atom is 0.264 e. The summed E-state index contributed by atoms with van der Waals surface area (Å²) in [6, 6.07) is 4.83. The van der Waals surface area contributed by atoms with E-state index in [1.165, 1.54) is 30.7 Å². The molecule has 7 nitrogen and oxygen atoms in total. The Kier molecular flexibility index (Phi) is 6.04. The summed E-state index contributed by atoms with van der Waals surface area (Å²) in [5, 5.41) is 0.348. The van der Waals surface area contributed by atoms with Crippen LogP contribution in [0.15, 0.2) is 53.4 Å². The maximum atomic E-state index is 13.2. The molecule has 0 atom stereocenters. The number of sulfonamides is 1. The molecule has 1 aromatic rings. The van der Waals surface area contributed by atoms with Crippen molar-refractivity contribution in [2.45, 2.75) is 38.1 Å². The molecule has 2 aliphatic heterocycles. The number of fused-ring (bicyclic) bond motifs is 1. The van der Waals surface area contributed by atoms with Gasteiger partial charge in [-0.3, -0.25) is 13.8 Å². The monoisotopic (exact) mass is 466 g/mol. The normalized spacial score (nSPS) is 18.9. The van der Waals surface area contributed by atoms with E-state index in [1.807, 2.05) is 0 Å². The molecule has 10 heteroatoms. The molecule has 0 saturated heterocycles. The predicted octanol–water partition coefficient (Wildman–Crippen LogP) is 4.21. The fraction of sp³-hybridized carbons (Fsp3) is 0.350. The molecule has 1 saturated carbocycles. The number of amides is 1. The Hall–Kier alpha value is -2.10. The second kappa shape index (κ2) is 8.56. The second-order valence-electron chi connectivity index (χ2n) is 7.44. The molecule has 0 bridgehead atoms. The number of anilines is 1. The van der Waals surface area contributed by atoms with Crippen LogP contribution in [0.5, 0.6) is 0 Å². The lowest BCUT2D eigenvalue weighted by molar-refractivity contribution is 0.0697. The Morgan fingerprint density at radius 2 is 2.07 bits per heavy atom. The van der Waals surface area contributed by atoms with E-state index in [4.69, 9.17) is 11.6 Å². The molecule has 0 radical (unpaired) electrons. The molecule has 2 heterocycles. The van der Waals surface area contributed by atoms with Crippen molar-refractivity contribution in [2.24, 2.45) is 0 Å². The first-order valence-corrected chi connectivity index (χ1v) is 12.4. The first-order chi connectivity index (χ1) is 14.4. The molecule has 0 spiro atoms. The van der Waals surface area contributed by atoms with Gasteiger partial charge in [0.15, 0.2) is 0 Å². The van der Waals surface area contributed by atoms with Crippen molar-refractivity contribution < 1.29 is 13.2 Å². The average Bonchev–Trinajstić information content (AvgIpc) is 3.22. The number of carbonyl (C=O) groups is 1. The number of nitrogens with zero attached hydrogens (tertiary/aromatic N) is 2. The minimum Gasteiger partial charge on any atom is -0.339 e. The zero-order valence-electron chi connectivity index (χ0n) is 16.5. The van der Waals surface area contributed by atoms with Gasteiger partial charge in [-0.25, -0.2) is 8.42 Å². The highest BCUT2D eigenvalue weighted by Gasteiger charge is 2.31. The van der Waals surface area contributed by atoms with Gasteiger partial charge >= 0.3 is 0 Å². The fourth-order valence-corrected chi connectivity index (χ4v) is 6.02. The van der Waals surface area contributed by atoms with E-state index in [0.29, 0.717) is 10.7 Å². The van der Waals surface area contributed by atoms with Gasteiger partial charge in [-0.1, -0.05) is 30.9 Å². The van der Waals surface area contributed by atoms with Crippen LogP contribution < -0.4 is 9.44 Å². The lowest BCUT2D eigenvalue weighted by Gasteiger charge is -2.31. The van der Waals surface area contributed by atoms with Crippen LogP contribution in [0, 0.1) is 0 Å². The van der Waals surface area contributed by atoms with E-state index in [1.54, 1.807) is 46.9 Å². The number of hydrogen-bond donors (Lipinski definition) is 2. The van der Waals surface area contributed by atoms with Crippen molar-refractivity contribution in [3.05, 3.63) is 63.9 Å². The second-order valence-corrected chi connectivity index (χ2v) is 10.3. The quantitative estimate of drug-likeness (QED) is 0.633. The van der Waals surface area contributed by atoms with Gasteiger partial charge in [0, 0.05) is 30.5 Å². The number of halogens is 1. The van der Waals surface area contributed by atoms with Crippen LogP contribution in [0.3, 0.4) is 0 Å². The zero-order valence-corrected chi connectivity index (χ0v) is 18.9. The molecule has 0 unspecified atom stereocenters. The number of nitrogens with one attached hydrogen (secondary N) is 2. The van der Waals surface area contributed by atoms with Crippen molar-refractivity contribution in [1.29, 1.82) is 0 Å². The van der Waals surface area contributed by atoms with Crippen LogP contribution in [0.1, 0.15) is 42.5 Å². The predicted molar refractivity (Wildman–Crippen MR) is 121 cm³/mol. The topological polar surface area (TPSA) is 81.8 Å². The summed E-state index contributed by atoms with van der Waals surface area (Å²) < 4.78 is 33.6. The highest BCUT2D eigenvalue weighted by Crippen LogP contribution is 2.35. The van der Waals surface area contributed by atoms with E-state index in [-0.39, 0.29) is 28.1 Å². The van der Waals surface area contributed by atoms with Crippen molar-refractivity contribution >= 4 is 45.4 Å². The van der Waals surface area contributed by atoms with Crippen molar-refractivity contribution in [3.8, 4) is 0 Å². The zero-order chi connectivity index (χ0) is 21.3. The highest BCUT2D eigenvalue weighted by atomic mass is 35.5. The van der Waals surface area contributed by atoms with Crippen LogP contribution in [-0.4, -0.2) is 36.6 Å².